The molecule has 0 radical (unpaired) electrons. The summed E-state index contributed by atoms with van der Waals surface area (Å²) in [4.78, 5) is 20.5. The lowest BCUT2D eigenvalue weighted by Gasteiger charge is -2.10. The van der Waals surface area contributed by atoms with Crippen LogP contribution in [0.15, 0.2) is 42.7 Å². The molecule has 1 N–H and O–H groups in total. The monoisotopic (exact) mass is 269 g/mol. The Balaban J connectivity index is 2.04. The number of benzene rings is 1. The second-order valence-electron chi connectivity index (χ2n) is 4.84. The summed E-state index contributed by atoms with van der Waals surface area (Å²) in [6.45, 7) is 4.00. The number of hydrogen-bond donors (Lipinski definition) is 1. The average Bonchev–Trinajstić information content (AvgIpc) is 2.49. The van der Waals surface area contributed by atoms with E-state index in [0.29, 0.717) is 11.5 Å². The fourth-order valence-electron chi connectivity index (χ4n) is 1.96. The largest absolute Gasteiger partial charge is 0.323 e. The summed E-state index contributed by atoms with van der Waals surface area (Å²) in [5, 5.41) is 2.84. The lowest BCUT2D eigenvalue weighted by Crippen LogP contribution is -2.20. The predicted molar refractivity (Wildman–Crippen MR) is 80.2 cm³/mol. The van der Waals surface area contributed by atoms with Crippen LogP contribution in [-0.2, 0) is 4.79 Å². The van der Waals surface area contributed by atoms with Crippen LogP contribution in [0.3, 0.4) is 0 Å². The maximum atomic E-state index is 11.9. The third-order valence-corrected chi connectivity index (χ3v) is 3.12. The van der Waals surface area contributed by atoms with E-state index in [1.165, 1.54) is 0 Å². The molecular weight excluding hydrogens is 250 g/mol. The number of carbonyl (C=O) groups excluding carboxylic acids is 1. The number of carbonyl (C=O) groups is 1. The zero-order chi connectivity index (χ0) is 14.4. The molecular formula is C16H19N3O. The minimum absolute atomic E-state index is 0.00815. The first-order valence-electron chi connectivity index (χ1n) is 6.89. The van der Waals surface area contributed by atoms with Crippen LogP contribution in [-0.4, -0.2) is 15.9 Å². The number of anilines is 1. The smallest absolute Gasteiger partial charge is 0.227 e. The quantitative estimate of drug-likeness (QED) is 0.903. The predicted octanol–water partition coefficient (Wildman–Crippen LogP) is 3.52. The summed E-state index contributed by atoms with van der Waals surface area (Å²) in [7, 11) is 0. The second kappa shape index (κ2) is 6.80. The maximum Gasteiger partial charge on any atom is 0.227 e. The van der Waals surface area contributed by atoms with E-state index in [1.54, 1.807) is 12.4 Å². The second-order valence-corrected chi connectivity index (χ2v) is 4.84. The first kappa shape index (κ1) is 14.2. The van der Waals surface area contributed by atoms with Crippen LogP contribution in [0.1, 0.15) is 26.7 Å². The third kappa shape index (κ3) is 3.63. The highest BCUT2D eigenvalue weighted by Gasteiger charge is 2.12. The lowest BCUT2D eigenvalue weighted by atomic mass is 10.1. The summed E-state index contributed by atoms with van der Waals surface area (Å²) in [6, 6.07) is 9.75. The molecule has 1 heterocycles. The van der Waals surface area contributed by atoms with Crippen molar-refractivity contribution in [3.05, 3.63) is 42.7 Å². The van der Waals surface area contributed by atoms with Gasteiger partial charge in [0.2, 0.25) is 5.91 Å². The van der Waals surface area contributed by atoms with Gasteiger partial charge in [0.1, 0.15) is 0 Å². The number of nitrogens with zero attached hydrogens (tertiary/aromatic N) is 2. The van der Waals surface area contributed by atoms with Gasteiger partial charge in [0, 0.05) is 11.5 Å². The van der Waals surface area contributed by atoms with Crippen molar-refractivity contribution < 1.29 is 4.79 Å². The molecule has 0 aliphatic heterocycles. The van der Waals surface area contributed by atoms with Gasteiger partial charge in [-0.2, -0.15) is 0 Å². The van der Waals surface area contributed by atoms with E-state index < -0.39 is 0 Å². The van der Waals surface area contributed by atoms with Gasteiger partial charge in [-0.15, -0.1) is 0 Å². The molecule has 0 aliphatic rings. The van der Waals surface area contributed by atoms with Gasteiger partial charge in [0.25, 0.3) is 0 Å². The minimum atomic E-state index is 0.00815. The highest BCUT2D eigenvalue weighted by atomic mass is 16.1. The number of rotatable bonds is 5. The van der Waals surface area contributed by atoms with Crippen LogP contribution < -0.4 is 5.32 Å². The van der Waals surface area contributed by atoms with Crippen molar-refractivity contribution in [1.29, 1.82) is 0 Å². The van der Waals surface area contributed by atoms with Gasteiger partial charge in [-0.05, 0) is 6.42 Å². The van der Waals surface area contributed by atoms with Gasteiger partial charge in [0.05, 0.1) is 18.1 Å². The van der Waals surface area contributed by atoms with Crippen LogP contribution in [0.4, 0.5) is 5.69 Å². The van der Waals surface area contributed by atoms with Gasteiger partial charge in [-0.25, -0.2) is 9.97 Å². The first-order chi connectivity index (χ1) is 9.70. The van der Waals surface area contributed by atoms with Crippen molar-refractivity contribution >= 4 is 11.6 Å². The van der Waals surface area contributed by atoms with Gasteiger partial charge < -0.3 is 5.32 Å². The Morgan fingerprint density at radius 1 is 1.20 bits per heavy atom. The Bertz CT molecular complexity index is 552. The SMILES string of the molecule is CCCC(C)C(=O)Nc1cnc(-c2ccccc2)nc1. The number of nitrogens with one attached hydrogen (secondary N) is 1. The average molecular weight is 269 g/mol. The summed E-state index contributed by atoms with van der Waals surface area (Å²) < 4.78 is 0. The summed E-state index contributed by atoms with van der Waals surface area (Å²) in [5.41, 5.74) is 1.60. The lowest BCUT2D eigenvalue weighted by molar-refractivity contribution is -0.119. The van der Waals surface area contributed by atoms with Crippen LogP contribution in [0, 0.1) is 5.92 Å². The first-order valence-corrected chi connectivity index (χ1v) is 6.89. The molecule has 0 fully saturated rings. The normalized spacial score (nSPS) is 11.9. The molecule has 0 aliphatic carbocycles. The van der Waals surface area contributed by atoms with Crippen molar-refractivity contribution in [3.63, 3.8) is 0 Å². The van der Waals surface area contributed by atoms with E-state index >= 15 is 0 Å². The zero-order valence-electron chi connectivity index (χ0n) is 11.8. The fraction of sp³-hybridized carbons (Fsp3) is 0.312. The van der Waals surface area contributed by atoms with E-state index in [9.17, 15) is 4.79 Å². The Labute approximate surface area is 119 Å². The van der Waals surface area contributed by atoms with E-state index in [2.05, 4.69) is 22.2 Å². The van der Waals surface area contributed by atoms with Gasteiger partial charge in [0.15, 0.2) is 5.82 Å². The Hall–Kier alpha value is -2.23. The molecule has 0 spiro atoms. The van der Waals surface area contributed by atoms with E-state index in [-0.39, 0.29) is 11.8 Å². The van der Waals surface area contributed by atoms with Gasteiger partial charge in [-0.3, -0.25) is 4.79 Å². The molecule has 1 aromatic carbocycles. The molecule has 4 heteroatoms. The molecule has 2 rings (SSSR count). The molecule has 1 atom stereocenters. The number of aromatic nitrogens is 2. The number of hydrogen-bond acceptors (Lipinski definition) is 3. The summed E-state index contributed by atoms with van der Waals surface area (Å²) in [5.74, 6) is 0.682. The molecule has 0 saturated carbocycles. The maximum absolute atomic E-state index is 11.9. The van der Waals surface area contributed by atoms with Crippen LogP contribution in [0.2, 0.25) is 0 Å². The molecule has 4 nitrogen and oxygen atoms in total. The van der Waals surface area contributed by atoms with Crippen LogP contribution >= 0.6 is 0 Å². The minimum Gasteiger partial charge on any atom is -0.323 e. The molecule has 1 amide bonds. The Morgan fingerprint density at radius 2 is 1.85 bits per heavy atom. The molecule has 20 heavy (non-hydrogen) atoms. The van der Waals surface area contributed by atoms with Crippen molar-refractivity contribution in [2.75, 3.05) is 5.32 Å². The van der Waals surface area contributed by atoms with Crippen LogP contribution in [0.5, 0.6) is 0 Å². The topological polar surface area (TPSA) is 54.9 Å². The Kier molecular flexibility index (Phi) is 4.82. The summed E-state index contributed by atoms with van der Waals surface area (Å²) >= 11 is 0. The van der Waals surface area contributed by atoms with Crippen molar-refractivity contribution in [2.24, 2.45) is 5.92 Å². The molecule has 1 aromatic heterocycles. The van der Waals surface area contributed by atoms with E-state index in [0.717, 1.165) is 18.4 Å². The number of amides is 1. The van der Waals surface area contributed by atoms with Crippen molar-refractivity contribution in [1.82, 2.24) is 9.97 Å². The molecule has 1 unspecified atom stereocenters. The summed E-state index contributed by atoms with van der Waals surface area (Å²) in [6.07, 6.45) is 5.17. The third-order valence-electron chi connectivity index (χ3n) is 3.12. The molecule has 104 valence electrons. The van der Waals surface area contributed by atoms with Crippen molar-refractivity contribution in [2.45, 2.75) is 26.7 Å². The molecule has 0 saturated heterocycles. The highest BCUT2D eigenvalue weighted by molar-refractivity contribution is 5.92. The van der Waals surface area contributed by atoms with E-state index in [4.69, 9.17) is 0 Å². The van der Waals surface area contributed by atoms with Crippen LogP contribution in [0.25, 0.3) is 11.4 Å². The van der Waals surface area contributed by atoms with Gasteiger partial charge >= 0.3 is 0 Å². The molecule has 0 bridgehead atoms. The van der Waals surface area contributed by atoms with E-state index in [1.807, 2.05) is 37.3 Å². The van der Waals surface area contributed by atoms with Crippen molar-refractivity contribution in [3.8, 4) is 11.4 Å². The standard InChI is InChI=1S/C16H19N3O/c1-3-7-12(2)16(20)19-14-10-17-15(18-11-14)13-8-5-4-6-9-13/h4-6,8-12H,3,7H2,1-2H3,(H,19,20). The zero-order valence-corrected chi connectivity index (χ0v) is 11.8. The van der Waals surface area contributed by atoms with Gasteiger partial charge in [-0.1, -0.05) is 50.6 Å². The highest BCUT2D eigenvalue weighted by Crippen LogP contribution is 2.15. The molecule has 2 aromatic rings. The Morgan fingerprint density at radius 3 is 2.45 bits per heavy atom. The fourth-order valence-corrected chi connectivity index (χ4v) is 1.96.